The minimum atomic E-state index is 0. The molecule has 3 N–H and O–H groups in total. The van der Waals surface area contributed by atoms with Gasteiger partial charge in [-0.2, -0.15) is 0 Å². The summed E-state index contributed by atoms with van der Waals surface area (Å²) in [6.07, 6.45) is 2.91. The fourth-order valence-corrected chi connectivity index (χ4v) is 2.79. The van der Waals surface area contributed by atoms with E-state index in [1.54, 1.807) is 11.3 Å². The Hall–Kier alpha value is -1.15. The lowest BCUT2D eigenvalue weighted by molar-refractivity contribution is 0.766. The number of benzene rings is 1. The van der Waals surface area contributed by atoms with Crippen molar-refractivity contribution >= 4 is 47.0 Å². The Kier molecular flexibility index (Phi) is 7.81. The van der Waals surface area contributed by atoms with E-state index in [2.05, 4.69) is 48.2 Å². The number of nitrogens with one attached hydrogen (secondary N) is 1. The average molecular weight is 430 g/mol. The van der Waals surface area contributed by atoms with Gasteiger partial charge in [-0.3, -0.25) is 4.99 Å². The number of aryl methyl sites for hydroxylation is 2. The standard InChI is InChI=1S/C16H22N4S.HI/c1-4-13-6-5-7-14(8-13)20-16(17)19-9-11(2)15-18-10-12(3)21-15;/h5-8,10-11H,4,9H2,1-3H3,(H3,17,19,20);1H. The first-order chi connectivity index (χ1) is 10.1. The van der Waals surface area contributed by atoms with Gasteiger partial charge in [0.25, 0.3) is 0 Å². The molecule has 1 aromatic heterocycles. The summed E-state index contributed by atoms with van der Waals surface area (Å²) in [5.74, 6) is 0.731. The van der Waals surface area contributed by atoms with Gasteiger partial charge in [0, 0.05) is 22.7 Å². The third-order valence-corrected chi connectivity index (χ3v) is 4.35. The third-order valence-electron chi connectivity index (χ3n) is 3.20. The van der Waals surface area contributed by atoms with Crippen LogP contribution in [-0.2, 0) is 6.42 Å². The lowest BCUT2D eigenvalue weighted by Crippen LogP contribution is -2.23. The summed E-state index contributed by atoms with van der Waals surface area (Å²) >= 11 is 1.71. The number of rotatable bonds is 5. The molecule has 1 unspecified atom stereocenters. The number of aromatic nitrogens is 1. The fraction of sp³-hybridized carbons (Fsp3) is 0.375. The van der Waals surface area contributed by atoms with E-state index >= 15 is 0 Å². The molecular weight excluding hydrogens is 407 g/mol. The van der Waals surface area contributed by atoms with Crippen LogP contribution in [0.25, 0.3) is 0 Å². The van der Waals surface area contributed by atoms with Crippen molar-refractivity contribution in [3.05, 3.63) is 45.9 Å². The van der Waals surface area contributed by atoms with Crippen LogP contribution in [0.4, 0.5) is 5.69 Å². The van der Waals surface area contributed by atoms with E-state index in [1.165, 1.54) is 10.4 Å². The first-order valence-corrected chi connectivity index (χ1v) is 7.98. The minimum Gasteiger partial charge on any atom is -0.370 e. The second-order valence-corrected chi connectivity index (χ2v) is 6.38. The predicted octanol–water partition coefficient (Wildman–Crippen LogP) is 4.16. The van der Waals surface area contributed by atoms with Crippen molar-refractivity contribution in [2.75, 3.05) is 11.9 Å². The van der Waals surface area contributed by atoms with Gasteiger partial charge in [0.05, 0.1) is 11.6 Å². The number of guanidine groups is 1. The van der Waals surface area contributed by atoms with Gasteiger partial charge in [-0.25, -0.2) is 4.98 Å². The SMILES string of the molecule is CCc1cccc(NC(N)=NCC(C)c2ncc(C)s2)c1.I. The minimum absolute atomic E-state index is 0. The molecule has 0 aliphatic heterocycles. The third kappa shape index (κ3) is 5.57. The summed E-state index contributed by atoms with van der Waals surface area (Å²) in [5, 5.41) is 4.25. The molecule has 0 saturated heterocycles. The van der Waals surface area contributed by atoms with Crippen LogP contribution in [0.3, 0.4) is 0 Å². The van der Waals surface area contributed by atoms with Crippen molar-refractivity contribution in [2.24, 2.45) is 10.7 Å². The molecule has 1 heterocycles. The lowest BCUT2D eigenvalue weighted by atomic mass is 10.1. The topological polar surface area (TPSA) is 63.3 Å². The van der Waals surface area contributed by atoms with Gasteiger partial charge in [-0.1, -0.05) is 26.0 Å². The Labute approximate surface area is 153 Å². The Morgan fingerprint density at radius 2 is 2.23 bits per heavy atom. The highest BCUT2D eigenvalue weighted by molar-refractivity contribution is 14.0. The number of halogens is 1. The zero-order valence-corrected chi connectivity index (χ0v) is 16.3. The van der Waals surface area contributed by atoms with Crippen LogP contribution >= 0.6 is 35.3 Å². The van der Waals surface area contributed by atoms with E-state index in [9.17, 15) is 0 Å². The molecule has 0 aliphatic carbocycles. The van der Waals surface area contributed by atoms with Gasteiger partial charge < -0.3 is 11.1 Å². The van der Waals surface area contributed by atoms with Crippen LogP contribution in [0.5, 0.6) is 0 Å². The molecule has 0 fully saturated rings. The summed E-state index contributed by atoms with van der Waals surface area (Å²) in [6, 6.07) is 8.21. The van der Waals surface area contributed by atoms with Gasteiger partial charge in [-0.05, 0) is 31.0 Å². The van der Waals surface area contributed by atoms with E-state index in [4.69, 9.17) is 5.73 Å². The fourth-order valence-electron chi connectivity index (χ4n) is 1.97. The van der Waals surface area contributed by atoms with E-state index in [1.807, 2.05) is 18.3 Å². The molecule has 0 aliphatic rings. The molecule has 0 bridgehead atoms. The number of hydrogen-bond acceptors (Lipinski definition) is 3. The molecule has 22 heavy (non-hydrogen) atoms. The lowest BCUT2D eigenvalue weighted by Gasteiger charge is -2.09. The molecule has 2 rings (SSSR count). The van der Waals surface area contributed by atoms with Crippen LogP contribution in [0, 0.1) is 6.92 Å². The van der Waals surface area contributed by atoms with Crippen LogP contribution in [-0.4, -0.2) is 17.5 Å². The maximum atomic E-state index is 5.95. The summed E-state index contributed by atoms with van der Waals surface area (Å²) in [4.78, 5) is 10.0. The highest BCUT2D eigenvalue weighted by atomic mass is 127. The summed E-state index contributed by atoms with van der Waals surface area (Å²) in [7, 11) is 0. The largest absolute Gasteiger partial charge is 0.370 e. The normalized spacial score (nSPS) is 12.6. The Morgan fingerprint density at radius 1 is 1.45 bits per heavy atom. The number of hydrogen-bond donors (Lipinski definition) is 2. The number of nitrogens with zero attached hydrogens (tertiary/aromatic N) is 2. The monoisotopic (exact) mass is 430 g/mol. The average Bonchev–Trinajstić information content (AvgIpc) is 2.91. The number of nitrogens with two attached hydrogens (primary N) is 1. The van der Waals surface area contributed by atoms with Gasteiger partial charge in [0.1, 0.15) is 0 Å². The van der Waals surface area contributed by atoms with E-state index in [0.29, 0.717) is 12.5 Å². The molecule has 120 valence electrons. The van der Waals surface area contributed by atoms with Crippen LogP contribution < -0.4 is 11.1 Å². The van der Waals surface area contributed by atoms with Crippen LogP contribution in [0.15, 0.2) is 35.5 Å². The van der Waals surface area contributed by atoms with Crippen molar-refractivity contribution in [2.45, 2.75) is 33.1 Å². The van der Waals surface area contributed by atoms with Crippen molar-refractivity contribution in [1.82, 2.24) is 4.98 Å². The molecule has 2 aromatic rings. The van der Waals surface area contributed by atoms with Gasteiger partial charge in [0.15, 0.2) is 5.96 Å². The smallest absolute Gasteiger partial charge is 0.193 e. The first-order valence-electron chi connectivity index (χ1n) is 7.16. The second kappa shape index (κ2) is 9.09. The first kappa shape index (κ1) is 18.9. The molecule has 0 spiro atoms. The Balaban J connectivity index is 0.00000242. The highest BCUT2D eigenvalue weighted by Gasteiger charge is 2.09. The maximum Gasteiger partial charge on any atom is 0.193 e. The van der Waals surface area contributed by atoms with Crippen LogP contribution in [0.2, 0.25) is 0 Å². The van der Waals surface area contributed by atoms with E-state index in [0.717, 1.165) is 17.1 Å². The van der Waals surface area contributed by atoms with Crippen molar-refractivity contribution < 1.29 is 0 Å². The Morgan fingerprint density at radius 3 is 2.86 bits per heavy atom. The molecule has 1 aromatic carbocycles. The zero-order chi connectivity index (χ0) is 15.2. The maximum absolute atomic E-state index is 5.95. The van der Waals surface area contributed by atoms with Crippen molar-refractivity contribution in [3.8, 4) is 0 Å². The summed E-state index contributed by atoms with van der Waals surface area (Å²) in [5.41, 5.74) is 8.21. The summed E-state index contributed by atoms with van der Waals surface area (Å²) in [6.45, 7) is 6.95. The molecule has 0 amide bonds. The van der Waals surface area contributed by atoms with E-state index < -0.39 is 0 Å². The molecule has 6 heteroatoms. The number of aliphatic imine (C=N–C) groups is 1. The summed E-state index contributed by atoms with van der Waals surface area (Å²) < 4.78 is 0. The predicted molar refractivity (Wildman–Crippen MR) is 107 cm³/mol. The van der Waals surface area contributed by atoms with Gasteiger partial charge in [0.2, 0.25) is 0 Å². The number of thiazole rings is 1. The molecule has 4 nitrogen and oxygen atoms in total. The number of anilines is 1. The quantitative estimate of drug-likeness (QED) is 0.425. The van der Waals surface area contributed by atoms with Crippen LogP contribution in [0.1, 0.15) is 35.2 Å². The molecule has 1 atom stereocenters. The zero-order valence-electron chi connectivity index (χ0n) is 13.2. The molecule has 0 radical (unpaired) electrons. The molecule has 0 saturated carbocycles. The van der Waals surface area contributed by atoms with Gasteiger partial charge in [-0.15, -0.1) is 35.3 Å². The van der Waals surface area contributed by atoms with Crippen molar-refractivity contribution in [3.63, 3.8) is 0 Å². The van der Waals surface area contributed by atoms with Gasteiger partial charge >= 0.3 is 0 Å². The highest BCUT2D eigenvalue weighted by Crippen LogP contribution is 2.21. The van der Waals surface area contributed by atoms with E-state index in [-0.39, 0.29) is 29.9 Å². The second-order valence-electron chi connectivity index (χ2n) is 5.12. The molecular formula is C16H23IN4S. The van der Waals surface area contributed by atoms with Crippen molar-refractivity contribution in [1.29, 1.82) is 0 Å². The Bertz CT molecular complexity index is 624.